The van der Waals surface area contributed by atoms with Crippen molar-refractivity contribution in [3.05, 3.63) is 115 Å². The lowest BCUT2D eigenvalue weighted by atomic mass is 10.0. The highest BCUT2D eigenvalue weighted by molar-refractivity contribution is 7.90. The van der Waals surface area contributed by atoms with Gasteiger partial charge in [0.15, 0.2) is 10.7 Å². The summed E-state index contributed by atoms with van der Waals surface area (Å²) >= 11 is -1.78. The molecule has 5 aromatic rings. The summed E-state index contributed by atoms with van der Waals surface area (Å²) in [7, 11) is 0. The van der Waals surface area contributed by atoms with Crippen molar-refractivity contribution in [3.8, 4) is 22.3 Å². The van der Waals surface area contributed by atoms with E-state index in [0.29, 0.717) is 10.5 Å². The molecule has 0 fully saturated rings. The Bertz CT molecular complexity index is 1430. The van der Waals surface area contributed by atoms with E-state index in [0.717, 1.165) is 27.6 Å². The standard InChI is InChI=1S/C27H18FNO3S/c28-22-14-12-18(13-15-22)20-10-11-21-17-25(32-24(21)16-20)27(30)29-33(31)26-9-5-4-8-23(26)19-6-2-1-3-7-19/h1-17H,(H,29,30). The zero-order valence-corrected chi connectivity index (χ0v) is 18.1. The molecule has 1 unspecified atom stereocenters. The Kier molecular flexibility index (Phi) is 5.69. The van der Waals surface area contributed by atoms with E-state index in [-0.39, 0.29) is 11.6 Å². The van der Waals surface area contributed by atoms with Gasteiger partial charge in [0.1, 0.15) is 22.8 Å². The quantitative estimate of drug-likeness (QED) is 0.314. The van der Waals surface area contributed by atoms with Gasteiger partial charge in [-0.25, -0.2) is 4.39 Å². The predicted molar refractivity (Wildman–Crippen MR) is 127 cm³/mol. The normalized spacial score (nSPS) is 11.9. The number of benzene rings is 4. The van der Waals surface area contributed by atoms with Crippen LogP contribution < -0.4 is 4.72 Å². The Labute approximate surface area is 193 Å². The lowest BCUT2D eigenvalue weighted by Crippen LogP contribution is -2.30. The topological polar surface area (TPSA) is 65.3 Å². The average Bonchev–Trinajstić information content (AvgIpc) is 3.29. The first kappa shape index (κ1) is 21.0. The fourth-order valence-electron chi connectivity index (χ4n) is 3.64. The molecule has 4 aromatic carbocycles. The molecule has 33 heavy (non-hydrogen) atoms. The number of nitrogens with one attached hydrogen (secondary N) is 1. The van der Waals surface area contributed by atoms with Crippen molar-refractivity contribution < 1.29 is 18.2 Å². The van der Waals surface area contributed by atoms with Crippen LogP contribution in [0.15, 0.2) is 112 Å². The van der Waals surface area contributed by atoms with Crippen LogP contribution in [0.2, 0.25) is 0 Å². The van der Waals surface area contributed by atoms with Crippen LogP contribution in [0.1, 0.15) is 10.6 Å². The second-order valence-corrected chi connectivity index (χ2v) is 8.61. The molecule has 0 aliphatic heterocycles. The van der Waals surface area contributed by atoms with E-state index in [9.17, 15) is 13.7 Å². The first-order valence-electron chi connectivity index (χ1n) is 10.3. The van der Waals surface area contributed by atoms with Crippen LogP contribution in [0.5, 0.6) is 0 Å². The molecule has 1 atom stereocenters. The third kappa shape index (κ3) is 4.39. The summed E-state index contributed by atoms with van der Waals surface area (Å²) in [6.45, 7) is 0. The van der Waals surface area contributed by atoms with E-state index >= 15 is 0 Å². The Morgan fingerprint density at radius 2 is 1.48 bits per heavy atom. The Morgan fingerprint density at radius 3 is 2.27 bits per heavy atom. The van der Waals surface area contributed by atoms with Crippen LogP contribution in [0.3, 0.4) is 0 Å². The average molecular weight is 456 g/mol. The summed E-state index contributed by atoms with van der Waals surface area (Å²) in [5.74, 6) is -0.818. The Hall–Kier alpha value is -3.87. The van der Waals surface area contributed by atoms with Gasteiger partial charge in [-0.15, -0.1) is 0 Å². The van der Waals surface area contributed by atoms with Crippen molar-refractivity contribution in [2.24, 2.45) is 0 Å². The second-order valence-electron chi connectivity index (χ2n) is 7.43. The number of hydrogen-bond acceptors (Lipinski definition) is 3. The lowest BCUT2D eigenvalue weighted by Gasteiger charge is -2.13. The summed E-state index contributed by atoms with van der Waals surface area (Å²) in [6.07, 6.45) is 0. The van der Waals surface area contributed by atoms with E-state index in [2.05, 4.69) is 4.72 Å². The molecule has 4 nitrogen and oxygen atoms in total. The number of hydrogen-bond donors (Lipinski definition) is 1. The summed E-state index contributed by atoms with van der Waals surface area (Å²) in [5.41, 5.74) is 3.87. The van der Waals surface area contributed by atoms with Crippen molar-refractivity contribution in [2.75, 3.05) is 0 Å². The molecule has 0 bridgehead atoms. The van der Waals surface area contributed by atoms with Crippen LogP contribution in [-0.4, -0.2) is 10.5 Å². The van der Waals surface area contributed by atoms with Crippen LogP contribution in [0, 0.1) is 5.82 Å². The Morgan fingerprint density at radius 1 is 0.788 bits per heavy atom. The maximum Gasteiger partial charge on any atom is 0.328 e. The van der Waals surface area contributed by atoms with Gasteiger partial charge in [-0.05, 0) is 53.1 Å². The molecule has 0 aliphatic carbocycles. The minimum absolute atomic E-state index is 0.0619. The highest BCUT2D eigenvalue weighted by atomic mass is 32.2. The highest BCUT2D eigenvalue weighted by Crippen LogP contribution is 2.29. The number of halogens is 1. The number of rotatable bonds is 5. The maximum atomic E-state index is 13.2. The molecular weight excluding hydrogens is 437 g/mol. The summed E-state index contributed by atoms with van der Waals surface area (Å²) < 4.78 is 34.5. The number of amides is 1. The molecule has 0 aliphatic rings. The number of fused-ring (bicyclic) bond motifs is 1. The molecule has 0 radical (unpaired) electrons. The van der Waals surface area contributed by atoms with E-state index in [1.165, 1.54) is 12.1 Å². The van der Waals surface area contributed by atoms with Gasteiger partial charge in [0.2, 0.25) is 0 Å². The highest BCUT2D eigenvalue weighted by Gasteiger charge is 2.23. The van der Waals surface area contributed by atoms with Gasteiger partial charge in [0.05, 0.1) is 0 Å². The third-order valence-corrected chi connectivity index (χ3v) is 6.40. The fourth-order valence-corrected chi connectivity index (χ4v) is 4.61. The molecule has 0 saturated heterocycles. The second kappa shape index (κ2) is 8.94. The summed E-state index contributed by atoms with van der Waals surface area (Å²) in [6, 6.07) is 30.1. The van der Waals surface area contributed by atoms with Crippen LogP contribution >= 0.6 is 0 Å². The largest absolute Gasteiger partial charge is 0.588 e. The van der Waals surface area contributed by atoms with Crippen LogP contribution in [-0.2, 0) is 11.4 Å². The molecule has 0 saturated carbocycles. The van der Waals surface area contributed by atoms with Gasteiger partial charge in [-0.2, -0.15) is 4.72 Å². The van der Waals surface area contributed by atoms with Gasteiger partial charge < -0.3 is 8.97 Å². The molecule has 162 valence electrons. The van der Waals surface area contributed by atoms with Crippen LogP contribution in [0.25, 0.3) is 33.2 Å². The summed E-state index contributed by atoms with van der Waals surface area (Å²) in [5, 5.41) is 0.737. The molecule has 1 aromatic heterocycles. The first-order valence-corrected chi connectivity index (χ1v) is 11.4. The third-order valence-electron chi connectivity index (χ3n) is 5.28. The monoisotopic (exact) mass is 455 g/mol. The molecule has 0 spiro atoms. The SMILES string of the molecule is O=C(N[S+]([O-])c1ccccc1-c1ccccc1)c1cc2ccc(-c3ccc(F)cc3)cc2o1. The van der Waals surface area contributed by atoms with E-state index < -0.39 is 17.3 Å². The summed E-state index contributed by atoms with van der Waals surface area (Å²) in [4.78, 5) is 13.3. The molecule has 1 N–H and O–H groups in total. The molecule has 1 heterocycles. The Balaban J connectivity index is 1.39. The van der Waals surface area contributed by atoms with E-state index in [1.54, 1.807) is 36.4 Å². The number of carbonyl (C=O) groups is 1. The van der Waals surface area contributed by atoms with Gasteiger partial charge in [0.25, 0.3) is 0 Å². The van der Waals surface area contributed by atoms with E-state index in [4.69, 9.17) is 4.42 Å². The zero-order valence-electron chi connectivity index (χ0n) is 17.3. The van der Waals surface area contributed by atoms with E-state index in [1.807, 2.05) is 54.6 Å². The van der Waals surface area contributed by atoms with Crippen molar-refractivity contribution in [2.45, 2.75) is 4.90 Å². The minimum atomic E-state index is -1.78. The fraction of sp³-hybridized carbons (Fsp3) is 0. The van der Waals surface area contributed by atoms with Crippen LogP contribution in [0.4, 0.5) is 4.39 Å². The van der Waals surface area contributed by atoms with Gasteiger partial charge >= 0.3 is 5.91 Å². The lowest BCUT2D eigenvalue weighted by molar-refractivity contribution is 0.0956. The molecule has 5 rings (SSSR count). The van der Waals surface area contributed by atoms with Gasteiger partial charge in [-0.1, -0.05) is 66.7 Å². The smallest absolute Gasteiger partial charge is 0.328 e. The van der Waals surface area contributed by atoms with Crippen molar-refractivity contribution >= 4 is 28.2 Å². The number of furan rings is 1. The zero-order chi connectivity index (χ0) is 22.8. The van der Waals surface area contributed by atoms with Gasteiger partial charge in [-0.3, -0.25) is 4.79 Å². The predicted octanol–water partition coefficient (Wildman–Crippen LogP) is 6.36. The number of carbonyl (C=O) groups excluding carboxylic acids is 1. The first-order chi connectivity index (χ1) is 16.1. The molecule has 1 amide bonds. The van der Waals surface area contributed by atoms with Crippen molar-refractivity contribution in [1.82, 2.24) is 4.72 Å². The minimum Gasteiger partial charge on any atom is -0.588 e. The molecular formula is C27H18FNO3S. The maximum absolute atomic E-state index is 13.2. The van der Waals surface area contributed by atoms with Crippen molar-refractivity contribution in [3.63, 3.8) is 0 Å². The van der Waals surface area contributed by atoms with Gasteiger partial charge in [0, 0.05) is 10.9 Å². The van der Waals surface area contributed by atoms with Crippen molar-refractivity contribution in [1.29, 1.82) is 0 Å². The molecule has 6 heteroatoms.